The van der Waals surface area contributed by atoms with Crippen molar-refractivity contribution in [2.24, 2.45) is 0 Å². The Hall–Kier alpha value is -1.09. The largest absolute Gasteiger partial charge is 0.306 e. The van der Waals surface area contributed by atoms with E-state index in [0.717, 1.165) is 24.1 Å². The van der Waals surface area contributed by atoms with Gasteiger partial charge in [0.15, 0.2) is 0 Å². The van der Waals surface area contributed by atoms with E-state index in [-0.39, 0.29) is 11.9 Å². The van der Waals surface area contributed by atoms with E-state index in [1.54, 1.807) is 13.0 Å². The molecule has 0 fully saturated rings. The van der Waals surface area contributed by atoms with Gasteiger partial charge in [-0.05, 0) is 54.8 Å². The summed E-state index contributed by atoms with van der Waals surface area (Å²) in [7, 11) is 0. The molecule has 0 radical (unpaired) electrons. The van der Waals surface area contributed by atoms with Gasteiger partial charge in [-0.25, -0.2) is 4.39 Å². The first-order valence-electron chi connectivity index (χ1n) is 6.98. The lowest BCUT2D eigenvalue weighted by Gasteiger charge is -2.22. The highest BCUT2D eigenvalue weighted by Crippen LogP contribution is 2.33. The van der Waals surface area contributed by atoms with Crippen LogP contribution in [0, 0.1) is 12.7 Å². The summed E-state index contributed by atoms with van der Waals surface area (Å²) in [6.45, 7) is 4.65. The molecule has 0 aliphatic heterocycles. The Morgan fingerprint density at radius 2 is 1.81 bits per heavy atom. The van der Waals surface area contributed by atoms with Crippen molar-refractivity contribution in [1.82, 2.24) is 5.32 Å². The molecule has 0 aliphatic carbocycles. The topological polar surface area (TPSA) is 12.0 Å². The fourth-order valence-electron chi connectivity index (χ4n) is 2.29. The third-order valence-corrected chi connectivity index (χ3v) is 4.08. The molecule has 2 aromatic carbocycles. The van der Waals surface area contributed by atoms with Gasteiger partial charge in [0.1, 0.15) is 5.82 Å². The van der Waals surface area contributed by atoms with E-state index in [4.69, 9.17) is 23.2 Å². The van der Waals surface area contributed by atoms with Crippen LogP contribution in [-0.4, -0.2) is 6.54 Å². The molecule has 4 heteroatoms. The molecule has 0 heterocycles. The highest BCUT2D eigenvalue weighted by atomic mass is 35.5. The fraction of sp³-hybridized carbons (Fsp3) is 0.294. The van der Waals surface area contributed by atoms with Gasteiger partial charge in [0, 0.05) is 10.0 Å². The van der Waals surface area contributed by atoms with Crippen LogP contribution in [-0.2, 0) is 0 Å². The Morgan fingerprint density at radius 3 is 2.48 bits per heavy atom. The normalized spacial score (nSPS) is 12.4. The summed E-state index contributed by atoms with van der Waals surface area (Å²) in [5.74, 6) is -0.294. The smallest absolute Gasteiger partial charge is 0.127 e. The zero-order chi connectivity index (χ0) is 15.4. The second-order valence-electron chi connectivity index (χ2n) is 5.03. The predicted octanol–water partition coefficient (Wildman–Crippen LogP) is 5.53. The second-order valence-corrected chi connectivity index (χ2v) is 5.85. The van der Waals surface area contributed by atoms with Crippen LogP contribution < -0.4 is 5.32 Å². The molecule has 0 aromatic heterocycles. The third kappa shape index (κ3) is 3.76. The summed E-state index contributed by atoms with van der Waals surface area (Å²) in [5, 5.41) is 4.52. The van der Waals surface area contributed by atoms with E-state index in [0.29, 0.717) is 15.6 Å². The van der Waals surface area contributed by atoms with Crippen molar-refractivity contribution in [3.8, 4) is 0 Å². The van der Waals surface area contributed by atoms with Gasteiger partial charge in [-0.1, -0.05) is 48.3 Å². The summed E-state index contributed by atoms with van der Waals surface area (Å²) in [6, 6.07) is 10.6. The molecular weight excluding hydrogens is 308 g/mol. The lowest BCUT2D eigenvalue weighted by atomic mass is 9.96. The van der Waals surface area contributed by atoms with Crippen LogP contribution in [0.5, 0.6) is 0 Å². The standard InChI is InChI=1S/C17H18Cl2FN/c1-3-8-21-17(12-6-4-5-7-14(12)18)13-9-11(2)16(20)10-15(13)19/h4-7,9-10,17,21H,3,8H2,1-2H3. The van der Waals surface area contributed by atoms with E-state index < -0.39 is 0 Å². The van der Waals surface area contributed by atoms with Gasteiger partial charge in [0.05, 0.1) is 6.04 Å². The molecule has 1 unspecified atom stereocenters. The summed E-state index contributed by atoms with van der Waals surface area (Å²) < 4.78 is 13.6. The van der Waals surface area contributed by atoms with Crippen LogP contribution in [0.4, 0.5) is 4.39 Å². The number of aryl methyl sites for hydroxylation is 1. The van der Waals surface area contributed by atoms with Gasteiger partial charge < -0.3 is 5.32 Å². The number of rotatable bonds is 5. The third-order valence-electron chi connectivity index (χ3n) is 3.40. The maximum atomic E-state index is 13.6. The molecule has 0 saturated carbocycles. The van der Waals surface area contributed by atoms with E-state index >= 15 is 0 Å². The Kier molecular flexibility index (Phi) is 5.63. The van der Waals surface area contributed by atoms with E-state index in [2.05, 4.69) is 12.2 Å². The summed E-state index contributed by atoms with van der Waals surface area (Å²) in [5.41, 5.74) is 2.36. The number of benzene rings is 2. The first-order chi connectivity index (χ1) is 10.0. The van der Waals surface area contributed by atoms with Gasteiger partial charge in [0.2, 0.25) is 0 Å². The quantitative estimate of drug-likeness (QED) is 0.762. The highest BCUT2D eigenvalue weighted by molar-refractivity contribution is 6.32. The Labute approximate surface area is 135 Å². The lowest BCUT2D eigenvalue weighted by molar-refractivity contribution is 0.590. The van der Waals surface area contributed by atoms with Crippen molar-refractivity contribution in [2.45, 2.75) is 26.3 Å². The molecule has 2 aromatic rings. The molecule has 112 valence electrons. The van der Waals surface area contributed by atoms with Crippen molar-refractivity contribution >= 4 is 23.2 Å². The lowest BCUT2D eigenvalue weighted by Crippen LogP contribution is -2.24. The maximum Gasteiger partial charge on any atom is 0.127 e. The minimum Gasteiger partial charge on any atom is -0.306 e. The molecule has 1 nitrogen and oxygen atoms in total. The van der Waals surface area contributed by atoms with Crippen LogP contribution in [0.25, 0.3) is 0 Å². The van der Waals surface area contributed by atoms with Gasteiger partial charge >= 0.3 is 0 Å². The van der Waals surface area contributed by atoms with Gasteiger partial charge in [-0.3, -0.25) is 0 Å². The minimum atomic E-state index is -0.294. The van der Waals surface area contributed by atoms with Gasteiger partial charge in [-0.15, -0.1) is 0 Å². The SMILES string of the molecule is CCCNC(c1ccccc1Cl)c1cc(C)c(F)cc1Cl. The number of halogens is 3. The van der Waals surface area contributed by atoms with Crippen LogP contribution in [0.3, 0.4) is 0 Å². The van der Waals surface area contributed by atoms with Crippen molar-refractivity contribution in [3.05, 3.63) is 69.0 Å². The predicted molar refractivity (Wildman–Crippen MR) is 87.7 cm³/mol. The van der Waals surface area contributed by atoms with Crippen molar-refractivity contribution in [2.75, 3.05) is 6.54 Å². The number of hydrogen-bond donors (Lipinski definition) is 1. The summed E-state index contributed by atoms with van der Waals surface area (Å²) in [4.78, 5) is 0. The summed E-state index contributed by atoms with van der Waals surface area (Å²) >= 11 is 12.6. The Morgan fingerprint density at radius 1 is 1.10 bits per heavy atom. The molecule has 0 spiro atoms. The monoisotopic (exact) mass is 325 g/mol. The molecule has 1 N–H and O–H groups in total. The first kappa shape index (κ1) is 16.3. The van der Waals surface area contributed by atoms with Gasteiger partial charge in [0.25, 0.3) is 0 Å². The fourth-order valence-corrected chi connectivity index (χ4v) is 2.79. The average Bonchev–Trinajstić information content (AvgIpc) is 2.46. The van der Waals surface area contributed by atoms with E-state index in [1.165, 1.54) is 6.07 Å². The van der Waals surface area contributed by atoms with E-state index in [9.17, 15) is 4.39 Å². The average molecular weight is 326 g/mol. The molecule has 1 atom stereocenters. The second kappa shape index (κ2) is 7.26. The zero-order valence-electron chi connectivity index (χ0n) is 12.1. The van der Waals surface area contributed by atoms with Crippen molar-refractivity contribution in [1.29, 1.82) is 0 Å². The molecule has 0 bridgehead atoms. The Bertz CT molecular complexity index is 628. The molecule has 0 amide bonds. The maximum absolute atomic E-state index is 13.6. The molecule has 0 aliphatic rings. The van der Waals surface area contributed by atoms with Crippen molar-refractivity contribution in [3.63, 3.8) is 0 Å². The van der Waals surface area contributed by atoms with Crippen molar-refractivity contribution < 1.29 is 4.39 Å². The molecule has 21 heavy (non-hydrogen) atoms. The van der Waals surface area contributed by atoms with Gasteiger partial charge in [-0.2, -0.15) is 0 Å². The minimum absolute atomic E-state index is 0.148. The zero-order valence-corrected chi connectivity index (χ0v) is 13.6. The van der Waals surface area contributed by atoms with Crippen LogP contribution in [0.1, 0.15) is 36.1 Å². The first-order valence-corrected chi connectivity index (χ1v) is 7.73. The molecule has 2 rings (SSSR count). The summed E-state index contributed by atoms with van der Waals surface area (Å²) in [6.07, 6.45) is 0.985. The highest BCUT2D eigenvalue weighted by Gasteiger charge is 2.20. The van der Waals surface area contributed by atoms with Crippen LogP contribution >= 0.6 is 23.2 Å². The number of nitrogens with one attached hydrogen (secondary N) is 1. The number of hydrogen-bond acceptors (Lipinski definition) is 1. The Balaban J connectivity index is 2.51. The van der Waals surface area contributed by atoms with Crippen LogP contribution in [0.15, 0.2) is 36.4 Å². The van der Waals surface area contributed by atoms with E-state index in [1.807, 2.05) is 24.3 Å². The van der Waals surface area contributed by atoms with Crippen LogP contribution in [0.2, 0.25) is 10.0 Å². The molecule has 0 saturated heterocycles. The molecular formula is C17H18Cl2FN.